The molecule has 1 aliphatic heterocycles. The fraction of sp³-hybridized carbons (Fsp3) is 0.600. The van der Waals surface area contributed by atoms with E-state index in [9.17, 15) is 9.32 Å². The highest BCUT2D eigenvalue weighted by Crippen LogP contribution is 2.38. The van der Waals surface area contributed by atoms with Crippen LogP contribution in [0.25, 0.3) is 0 Å². The second-order valence-corrected chi connectivity index (χ2v) is 7.30. The van der Waals surface area contributed by atoms with Crippen molar-refractivity contribution in [2.75, 3.05) is 39.3 Å². The summed E-state index contributed by atoms with van der Waals surface area (Å²) in [7, 11) is 4.74. The molecule has 1 aromatic carbocycles. The van der Waals surface area contributed by atoms with Gasteiger partial charge in [-0.25, -0.2) is 0 Å². The molecule has 3 atom stereocenters. The molecule has 0 amide bonds. The molecule has 0 bridgehead atoms. The van der Waals surface area contributed by atoms with Gasteiger partial charge in [-0.3, -0.25) is 4.21 Å². The van der Waals surface area contributed by atoms with Gasteiger partial charge in [0.2, 0.25) is 0 Å². The maximum Gasteiger partial charge on any atom is 0.119 e. The molecule has 112 valence electrons. The lowest BCUT2D eigenvalue weighted by molar-refractivity contribution is -0.0304. The number of rotatable bonds is 4. The third-order valence-corrected chi connectivity index (χ3v) is 5.36. The van der Waals surface area contributed by atoms with Crippen LogP contribution in [-0.4, -0.2) is 53.5 Å². The van der Waals surface area contributed by atoms with Crippen LogP contribution in [0.1, 0.15) is 12.0 Å². The molecule has 0 spiro atoms. The second kappa shape index (κ2) is 6.24. The van der Waals surface area contributed by atoms with E-state index >= 15 is 0 Å². The molecule has 5 heteroatoms. The van der Waals surface area contributed by atoms with E-state index < -0.39 is 16.4 Å². The number of hydrogen-bond donors (Lipinski definition) is 1. The summed E-state index contributed by atoms with van der Waals surface area (Å²) >= 11 is 0. The summed E-state index contributed by atoms with van der Waals surface area (Å²) in [4.78, 5) is 2.04. The summed E-state index contributed by atoms with van der Waals surface area (Å²) in [6, 6.07) is 7.58. The largest absolute Gasteiger partial charge is 0.497 e. The molecule has 1 saturated heterocycles. The summed E-state index contributed by atoms with van der Waals surface area (Å²) in [5, 5.41) is 11.2. The number of aliphatic hydroxyl groups is 1. The Balaban J connectivity index is 2.34. The van der Waals surface area contributed by atoms with Crippen LogP contribution < -0.4 is 4.74 Å². The van der Waals surface area contributed by atoms with Gasteiger partial charge in [0.25, 0.3) is 0 Å². The quantitative estimate of drug-likeness (QED) is 0.908. The van der Waals surface area contributed by atoms with Crippen molar-refractivity contribution in [1.29, 1.82) is 0 Å². The highest BCUT2D eigenvalue weighted by molar-refractivity contribution is 7.85. The first kappa shape index (κ1) is 15.5. The predicted molar refractivity (Wildman–Crippen MR) is 81.4 cm³/mol. The van der Waals surface area contributed by atoms with Crippen molar-refractivity contribution < 1.29 is 14.1 Å². The number of methoxy groups -OCH3 is 1. The van der Waals surface area contributed by atoms with Crippen LogP contribution in [0.4, 0.5) is 0 Å². The minimum absolute atomic E-state index is 0.0285. The summed E-state index contributed by atoms with van der Waals surface area (Å²) in [5.41, 5.74) is -0.0624. The third-order valence-electron chi connectivity index (χ3n) is 3.93. The second-order valence-electron chi connectivity index (χ2n) is 5.68. The lowest BCUT2D eigenvalue weighted by atomic mass is 9.79. The fourth-order valence-corrected chi connectivity index (χ4v) is 4.37. The minimum atomic E-state index is -0.924. The molecule has 4 nitrogen and oxygen atoms in total. The molecule has 0 saturated carbocycles. The first-order chi connectivity index (χ1) is 9.45. The standard InChI is InChI=1S/C15H23NO3S/c1-16(2)10-13-11-20(18)8-7-15(13,17)12-5-4-6-14(9-12)19-3/h4-6,9,13,17H,7-8,10-11H2,1-3H3/t13-,15+,20?/m0/s1. The zero-order valence-corrected chi connectivity index (χ0v) is 13.2. The topological polar surface area (TPSA) is 49.8 Å². The zero-order chi connectivity index (χ0) is 14.8. The third kappa shape index (κ3) is 3.22. The molecule has 1 aliphatic rings. The molecular formula is C15H23NO3S. The van der Waals surface area contributed by atoms with Crippen LogP contribution in [0, 0.1) is 5.92 Å². The monoisotopic (exact) mass is 297 g/mol. The van der Waals surface area contributed by atoms with Gasteiger partial charge in [0.05, 0.1) is 12.7 Å². The van der Waals surface area contributed by atoms with Gasteiger partial charge in [-0.15, -0.1) is 0 Å². The van der Waals surface area contributed by atoms with Crippen molar-refractivity contribution in [2.45, 2.75) is 12.0 Å². The van der Waals surface area contributed by atoms with Crippen molar-refractivity contribution in [3.05, 3.63) is 29.8 Å². The van der Waals surface area contributed by atoms with Crippen LogP contribution in [-0.2, 0) is 16.4 Å². The number of ether oxygens (including phenoxy) is 1. The molecular weight excluding hydrogens is 274 g/mol. The van der Waals surface area contributed by atoms with Crippen LogP contribution in [0.5, 0.6) is 5.75 Å². The van der Waals surface area contributed by atoms with Gasteiger partial charge in [0, 0.05) is 34.8 Å². The van der Waals surface area contributed by atoms with Crippen LogP contribution >= 0.6 is 0 Å². The minimum Gasteiger partial charge on any atom is -0.497 e. The van der Waals surface area contributed by atoms with E-state index in [1.54, 1.807) is 7.11 Å². The highest BCUT2D eigenvalue weighted by atomic mass is 32.2. The van der Waals surface area contributed by atoms with Gasteiger partial charge in [0.15, 0.2) is 0 Å². The Labute approximate surface area is 123 Å². The molecule has 1 aromatic rings. The Morgan fingerprint density at radius 3 is 2.90 bits per heavy atom. The molecule has 0 aromatic heterocycles. The van der Waals surface area contributed by atoms with Gasteiger partial charge < -0.3 is 14.7 Å². The Hall–Kier alpha value is -0.910. The Morgan fingerprint density at radius 2 is 2.25 bits per heavy atom. The lowest BCUT2D eigenvalue weighted by Crippen LogP contribution is -2.48. The van der Waals surface area contributed by atoms with Crippen molar-refractivity contribution >= 4 is 10.8 Å². The maximum absolute atomic E-state index is 11.9. The van der Waals surface area contributed by atoms with Crippen molar-refractivity contribution in [2.24, 2.45) is 5.92 Å². The Kier molecular flexibility index (Phi) is 4.83. The van der Waals surface area contributed by atoms with Gasteiger partial charge in [-0.05, 0) is 38.2 Å². The van der Waals surface area contributed by atoms with Crippen molar-refractivity contribution in [1.82, 2.24) is 4.90 Å². The summed E-state index contributed by atoms with van der Waals surface area (Å²) in [6.07, 6.45) is 0.533. The number of nitrogens with zero attached hydrogens (tertiary/aromatic N) is 1. The highest BCUT2D eigenvalue weighted by Gasteiger charge is 2.43. The molecule has 0 aliphatic carbocycles. The molecule has 1 N–H and O–H groups in total. The molecule has 1 fully saturated rings. The van der Waals surface area contributed by atoms with Gasteiger partial charge in [-0.1, -0.05) is 12.1 Å². The van der Waals surface area contributed by atoms with E-state index in [1.807, 2.05) is 43.3 Å². The predicted octanol–water partition coefficient (Wildman–Crippen LogP) is 1.21. The normalized spacial score (nSPS) is 30.4. The van der Waals surface area contributed by atoms with E-state index in [1.165, 1.54) is 0 Å². The van der Waals surface area contributed by atoms with E-state index in [2.05, 4.69) is 0 Å². The average Bonchev–Trinajstić information content (AvgIpc) is 2.42. The summed E-state index contributed by atoms with van der Waals surface area (Å²) in [6.45, 7) is 0.722. The molecule has 20 heavy (non-hydrogen) atoms. The maximum atomic E-state index is 11.9. The van der Waals surface area contributed by atoms with E-state index in [-0.39, 0.29) is 5.92 Å². The SMILES string of the molecule is COc1cccc([C@]2(O)CCS(=O)C[C@@H]2CN(C)C)c1. The molecule has 0 radical (unpaired) electrons. The van der Waals surface area contributed by atoms with Crippen LogP contribution in [0.3, 0.4) is 0 Å². The van der Waals surface area contributed by atoms with E-state index in [0.29, 0.717) is 17.9 Å². The zero-order valence-electron chi connectivity index (χ0n) is 12.3. The Morgan fingerprint density at radius 1 is 1.50 bits per heavy atom. The van der Waals surface area contributed by atoms with Crippen LogP contribution in [0.15, 0.2) is 24.3 Å². The lowest BCUT2D eigenvalue weighted by Gasteiger charge is -2.41. The van der Waals surface area contributed by atoms with E-state index in [0.717, 1.165) is 17.9 Å². The van der Waals surface area contributed by atoms with Crippen LogP contribution in [0.2, 0.25) is 0 Å². The van der Waals surface area contributed by atoms with E-state index in [4.69, 9.17) is 4.74 Å². The first-order valence-electron chi connectivity index (χ1n) is 6.82. The molecule has 2 rings (SSSR count). The molecule has 1 unspecified atom stereocenters. The Bertz CT molecular complexity index is 492. The summed E-state index contributed by atoms with van der Waals surface area (Å²) < 4.78 is 17.1. The fourth-order valence-electron chi connectivity index (χ4n) is 2.84. The molecule has 1 heterocycles. The number of hydrogen-bond acceptors (Lipinski definition) is 4. The summed E-state index contributed by atoms with van der Waals surface area (Å²) in [5.74, 6) is 1.81. The number of benzene rings is 1. The van der Waals surface area contributed by atoms with Gasteiger partial charge in [0.1, 0.15) is 5.75 Å². The van der Waals surface area contributed by atoms with Crippen molar-refractivity contribution in [3.8, 4) is 5.75 Å². The average molecular weight is 297 g/mol. The smallest absolute Gasteiger partial charge is 0.119 e. The van der Waals surface area contributed by atoms with Crippen molar-refractivity contribution in [3.63, 3.8) is 0 Å². The first-order valence-corrected chi connectivity index (χ1v) is 8.31. The van der Waals surface area contributed by atoms with Gasteiger partial charge >= 0.3 is 0 Å². The van der Waals surface area contributed by atoms with Gasteiger partial charge in [-0.2, -0.15) is 0 Å².